The van der Waals surface area contributed by atoms with Crippen LogP contribution in [0.5, 0.6) is 0 Å². The van der Waals surface area contributed by atoms with Crippen molar-refractivity contribution >= 4 is 16.8 Å². The number of H-pyrrole nitrogens is 1. The summed E-state index contributed by atoms with van der Waals surface area (Å²) in [6, 6.07) is 13.6. The molecule has 0 radical (unpaired) electrons. The molecule has 0 atom stereocenters. The van der Waals surface area contributed by atoms with E-state index in [4.69, 9.17) is 10.2 Å². The number of hydrogen-bond donors (Lipinski definition) is 2. The number of pyridine rings is 1. The summed E-state index contributed by atoms with van der Waals surface area (Å²) in [5, 5.41) is 1.13. The molecule has 3 N–H and O–H groups in total. The number of furan rings is 1. The first-order valence-electron chi connectivity index (χ1n) is 8.01. The Bertz CT molecular complexity index is 1060. The van der Waals surface area contributed by atoms with Crippen LogP contribution in [0, 0.1) is 6.92 Å². The maximum Gasteiger partial charge on any atom is 0.267 e. The van der Waals surface area contributed by atoms with Gasteiger partial charge < -0.3 is 15.1 Å². The van der Waals surface area contributed by atoms with Crippen LogP contribution in [0.2, 0.25) is 0 Å². The summed E-state index contributed by atoms with van der Waals surface area (Å²) in [7, 11) is 0. The lowest BCUT2D eigenvalue weighted by molar-refractivity contribution is 0.0995. The van der Waals surface area contributed by atoms with E-state index in [-0.39, 0.29) is 5.69 Å². The van der Waals surface area contributed by atoms with Crippen LogP contribution < -0.4 is 5.73 Å². The summed E-state index contributed by atoms with van der Waals surface area (Å²) < 4.78 is 5.25. The summed E-state index contributed by atoms with van der Waals surface area (Å²) in [6.07, 6.45) is 3.96. The first-order valence-corrected chi connectivity index (χ1v) is 8.01. The van der Waals surface area contributed by atoms with Gasteiger partial charge in [0.15, 0.2) is 0 Å². The second kappa shape index (κ2) is 5.94. The number of amides is 1. The number of hydrogen-bond acceptors (Lipinski definition) is 3. The monoisotopic (exact) mass is 331 g/mol. The number of nitrogens with one attached hydrogen (secondary N) is 1. The third-order valence-electron chi connectivity index (χ3n) is 4.29. The molecule has 0 aliphatic heterocycles. The van der Waals surface area contributed by atoms with Crippen LogP contribution >= 0.6 is 0 Å². The Morgan fingerprint density at radius 2 is 2.12 bits per heavy atom. The fourth-order valence-electron chi connectivity index (χ4n) is 3.10. The number of aromatic amines is 1. The molecule has 0 spiro atoms. The molecule has 0 unspecified atom stereocenters. The van der Waals surface area contributed by atoms with E-state index in [1.807, 2.05) is 12.1 Å². The van der Waals surface area contributed by atoms with Gasteiger partial charge in [-0.2, -0.15) is 0 Å². The molecule has 25 heavy (non-hydrogen) atoms. The minimum atomic E-state index is -0.522. The normalized spacial score (nSPS) is 11.1. The Labute approximate surface area is 144 Å². The van der Waals surface area contributed by atoms with Crippen LogP contribution in [-0.4, -0.2) is 15.9 Å². The molecule has 5 nitrogen and oxygen atoms in total. The van der Waals surface area contributed by atoms with E-state index < -0.39 is 5.91 Å². The molecule has 124 valence electrons. The summed E-state index contributed by atoms with van der Waals surface area (Å²) in [6.45, 7) is 2.06. The molecule has 0 fully saturated rings. The van der Waals surface area contributed by atoms with Gasteiger partial charge in [-0.25, -0.2) is 4.98 Å². The summed E-state index contributed by atoms with van der Waals surface area (Å²) in [5.74, 6) is -0.522. The first kappa shape index (κ1) is 15.2. The summed E-state index contributed by atoms with van der Waals surface area (Å²) in [4.78, 5) is 19.3. The van der Waals surface area contributed by atoms with Gasteiger partial charge in [-0.3, -0.25) is 4.79 Å². The minimum Gasteiger partial charge on any atom is -0.472 e. The van der Waals surface area contributed by atoms with Crippen molar-refractivity contribution in [1.82, 2.24) is 9.97 Å². The first-order chi connectivity index (χ1) is 12.1. The number of rotatable bonds is 4. The van der Waals surface area contributed by atoms with Crippen LogP contribution in [0.3, 0.4) is 0 Å². The highest BCUT2D eigenvalue weighted by Crippen LogP contribution is 2.32. The maximum absolute atomic E-state index is 11.4. The number of carbonyl (C=O) groups excluding carboxylic acids is 1. The zero-order valence-electron chi connectivity index (χ0n) is 13.7. The predicted octanol–water partition coefficient (Wildman–Crippen LogP) is 3.82. The van der Waals surface area contributed by atoms with Gasteiger partial charge in [0.1, 0.15) is 5.69 Å². The molecule has 3 aromatic heterocycles. The van der Waals surface area contributed by atoms with Gasteiger partial charge >= 0.3 is 0 Å². The largest absolute Gasteiger partial charge is 0.472 e. The SMILES string of the molecule is Cc1ccc2c(Cc3cccc(C(N)=O)n3)c(-c3ccoc3)[nH]c2c1. The molecule has 0 saturated carbocycles. The Balaban J connectivity index is 1.86. The van der Waals surface area contributed by atoms with Gasteiger partial charge in [-0.05, 0) is 42.3 Å². The standard InChI is InChI=1S/C20H17N3O2/c1-12-5-6-15-16(10-14-3-2-4-17(22-14)20(21)24)19(23-18(15)9-12)13-7-8-25-11-13/h2-9,11,23H,10H2,1H3,(H2,21,24). The van der Waals surface area contributed by atoms with Gasteiger partial charge in [-0.15, -0.1) is 0 Å². The van der Waals surface area contributed by atoms with E-state index >= 15 is 0 Å². The van der Waals surface area contributed by atoms with Crippen molar-refractivity contribution in [1.29, 1.82) is 0 Å². The third-order valence-corrected chi connectivity index (χ3v) is 4.29. The van der Waals surface area contributed by atoms with Crippen molar-refractivity contribution in [3.05, 3.63) is 77.5 Å². The van der Waals surface area contributed by atoms with E-state index in [9.17, 15) is 4.79 Å². The quantitative estimate of drug-likeness (QED) is 0.596. The molecule has 1 amide bonds. The topological polar surface area (TPSA) is 84.9 Å². The van der Waals surface area contributed by atoms with Crippen molar-refractivity contribution in [2.45, 2.75) is 13.3 Å². The molecule has 4 rings (SSSR count). The zero-order chi connectivity index (χ0) is 17.4. The average molecular weight is 331 g/mol. The van der Waals surface area contributed by atoms with Crippen LogP contribution in [0.15, 0.2) is 59.4 Å². The number of benzene rings is 1. The molecule has 4 aromatic rings. The van der Waals surface area contributed by atoms with Crippen molar-refractivity contribution in [2.24, 2.45) is 5.73 Å². The van der Waals surface area contributed by atoms with E-state index in [1.54, 1.807) is 24.7 Å². The Morgan fingerprint density at radius 3 is 2.88 bits per heavy atom. The van der Waals surface area contributed by atoms with Crippen LogP contribution in [0.25, 0.3) is 22.2 Å². The molecule has 3 heterocycles. The number of primary amides is 1. The fraction of sp³-hybridized carbons (Fsp3) is 0.100. The maximum atomic E-state index is 11.4. The Morgan fingerprint density at radius 1 is 1.24 bits per heavy atom. The van der Waals surface area contributed by atoms with E-state index in [0.717, 1.165) is 33.4 Å². The van der Waals surface area contributed by atoms with Gasteiger partial charge in [0.2, 0.25) is 0 Å². The number of aromatic nitrogens is 2. The summed E-state index contributed by atoms with van der Waals surface area (Å²) >= 11 is 0. The molecule has 0 saturated heterocycles. The number of carbonyl (C=O) groups is 1. The Kier molecular flexibility index (Phi) is 3.61. The zero-order valence-corrected chi connectivity index (χ0v) is 13.7. The van der Waals surface area contributed by atoms with Gasteiger partial charge in [-0.1, -0.05) is 18.2 Å². The summed E-state index contributed by atoms with van der Waals surface area (Å²) in [5.41, 5.74) is 11.8. The van der Waals surface area contributed by atoms with Crippen molar-refractivity contribution in [2.75, 3.05) is 0 Å². The lowest BCUT2D eigenvalue weighted by atomic mass is 10.0. The van der Waals surface area contributed by atoms with Crippen molar-refractivity contribution < 1.29 is 9.21 Å². The minimum absolute atomic E-state index is 0.276. The molecule has 0 aliphatic carbocycles. The second-order valence-corrected chi connectivity index (χ2v) is 6.09. The molecular formula is C20H17N3O2. The highest BCUT2D eigenvalue weighted by atomic mass is 16.3. The van der Waals surface area contributed by atoms with Crippen LogP contribution in [-0.2, 0) is 6.42 Å². The van der Waals surface area contributed by atoms with Crippen molar-refractivity contribution in [3.8, 4) is 11.3 Å². The molecule has 5 heteroatoms. The molecule has 0 aliphatic rings. The highest BCUT2D eigenvalue weighted by molar-refractivity contribution is 5.92. The molecule has 1 aromatic carbocycles. The Hall–Kier alpha value is -3.34. The smallest absolute Gasteiger partial charge is 0.267 e. The number of fused-ring (bicyclic) bond motifs is 1. The number of nitrogens with two attached hydrogens (primary N) is 1. The van der Waals surface area contributed by atoms with Gasteiger partial charge in [0.25, 0.3) is 5.91 Å². The van der Waals surface area contributed by atoms with E-state index in [2.05, 4.69) is 35.1 Å². The predicted molar refractivity (Wildman–Crippen MR) is 96.3 cm³/mol. The molecular weight excluding hydrogens is 314 g/mol. The van der Waals surface area contributed by atoms with Gasteiger partial charge in [0, 0.05) is 28.6 Å². The van der Waals surface area contributed by atoms with E-state index in [0.29, 0.717) is 6.42 Å². The average Bonchev–Trinajstić information content (AvgIpc) is 3.23. The number of nitrogens with zero attached hydrogens (tertiary/aromatic N) is 1. The highest BCUT2D eigenvalue weighted by Gasteiger charge is 2.16. The lowest BCUT2D eigenvalue weighted by Gasteiger charge is -2.05. The van der Waals surface area contributed by atoms with Crippen LogP contribution in [0.4, 0.5) is 0 Å². The number of aryl methyl sites for hydroxylation is 1. The fourth-order valence-corrected chi connectivity index (χ4v) is 3.10. The van der Waals surface area contributed by atoms with Crippen LogP contribution in [0.1, 0.15) is 27.3 Å². The van der Waals surface area contributed by atoms with Crippen molar-refractivity contribution in [3.63, 3.8) is 0 Å². The van der Waals surface area contributed by atoms with E-state index in [1.165, 1.54) is 5.56 Å². The lowest BCUT2D eigenvalue weighted by Crippen LogP contribution is -2.13. The third kappa shape index (κ3) is 2.80. The molecule has 0 bridgehead atoms. The second-order valence-electron chi connectivity index (χ2n) is 6.09. The van der Waals surface area contributed by atoms with Gasteiger partial charge in [0.05, 0.1) is 18.2 Å².